The Labute approximate surface area is 130 Å². The minimum Gasteiger partial charge on any atom is -0.369 e. The molecule has 0 amide bonds. The third-order valence-electron chi connectivity index (χ3n) is 3.62. The van der Waals surface area contributed by atoms with Crippen LogP contribution in [-0.2, 0) is 5.54 Å². The second kappa shape index (κ2) is 5.11. The van der Waals surface area contributed by atoms with Crippen LogP contribution in [0.5, 0.6) is 0 Å². The van der Waals surface area contributed by atoms with E-state index in [1.54, 1.807) is 6.07 Å². The molecule has 0 fully saturated rings. The third kappa shape index (κ3) is 2.40. The summed E-state index contributed by atoms with van der Waals surface area (Å²) in [5, 5.41) is 0. The zero-order chi connectivity index (χ0) is 15.0. The van der Waals surface area contributed by atoms with Gasteiger partial charge in [-0.1, -0.05) is 22.0 Å². The Bertz CT molecular complexity index is 701. The molecule has 1 unspecified atom stereocenters. The van der Waals surface area contributed by atoms with Crippen molar-refractivity contribution in [3.63, 3.8) is 0 Å². The number of hydrogen-bond acceptors (Lipinski definition) is 4. The predicted octanol–water partition coefficient (Wildman–Crippen LogP) is 3.03. The fourth-order valence-corrected chi connectivity index (χ4v) is 2.94. The molecule has 0 radical (unpaired) electrons. The summed E-state index contributed by atoms with van der Waals surface area (Å²) >= 11 is 3.46. The van der Waals surface area contributed by atoms with Gasteiger partial charge in [0.15, 0.2) is 5.96 Å². The number of guanidine groups is 1. The summed E-state index contributed by atoms with van der Waals surface area (Å²) in [6, 6.07) is 10.9. The Morgan fingerprint density at radius 3 is 2.81 bits per heavy atom. The van der Waals surface area contributed by atoms with Gasteiger partial charge in [-0.25, -0.2) is 4.39 Å². The Kier molecular flexibility index (Phi) is 3.41. The van der Waals surface area contributed by atoms with Crippen LogP contribution in [0.1, 0.15) is 12.6 Å². The molecule has 2 heterocycles. The van der Waals surface area contributed by atoms with Crippen LogP contribution in [0.2, 0.25) is 0 Å². The van der Waals surface area contributed by atoms with E-state index < -0.39 is 5.54 Å². The molecule has 0 spiro atoms. The first kappa shape index (κ1) is 14.0. The summed E-state index contributed by atoms with van der Waals surface area (Å²) in [4.78, 5) is 10.5. The van der Waals surface area contributed by atoms with Crippen LogP contribution >= 0.6 is 15.9 Å². The van der Waals surface area contributed by atoms with E-state index in [1.165, 1.54) is 12.3 Å². The number of aliphatic imine (C=N–C) groups is 1. The largest absolute Gasteiger partial charge is 0.369 e. The van der Waals surface area contributed by atoms with Gasteiger partial charge in [0.05, 0.1) is 18.4 Å². The van der Waals surface area contributed by atoms with Crippen LogP contribution < -0.4 is 10.6 Å². The molecular formula is C15H14BrFN4. The minimum absolute atomic E-state index is 0.358. The van der Waals surface area contributed by atoms with Gasteiger partial charge in [-0.05, 0) is 37.3 Å². The zero-order valence-electron chi connectivity index (χ0n) is 11.4. The molecule has 1 aliphatic rings. The molecule has 1 atom stereocenters. The lowest BCUT2D eigenvalue weighted by Crippen LogP contribution is -2.48. The molecule has 4 nitrogen and oxygen atoms in total. The van der Waals surface area contributed by atoms with Gasteiger partial charge in [0.1, 0.15) is 11.4 Å². The topological polar surface area (TPSA) is 54.5 Å². The van der Waals surface area contributed by atoms with Crippen molar-refractivity contribution in [2.45, 2.75) is 12.5 Å². The van der Waals surface area contributed by atoms with Crippen LogP contribution in [0.25, 0.3) is 0 Å². The van der Waals surface area contributed by atoms with Crippen molar-refractivity contribution >= 4 is 27.6 Å². The Morgan fingerprint density at radius 1 is 1.33 bits per heavy atom. The van der Waals surface area contributed by atoms with Gasteiger partial charge in [0.25, 0.3) is 0 Å². The number of benzene rings is 1. The minimum atomic E-state index is -0.529. The lowest BCUT2D eigenvalue weighted by molar-refractivity contribution is 0.510. The number of aromatic nitrogens is 1. The summed E-state index contributed by atoms with van der Waals surface area (Å²) in [5.41, 5.74) is 7.18. The normalized spacial score (nSPS) is 21.5. The number of halogens is 2. The van der Waals surface area contributed by atoms with E-state index in [0.29, 0.717) is 12.5 Å². The highest BCUT2D eigenvalue weighted by atomic mass is 79.9. The average molecular weight is 349 g/mol. The molecule has 2 aromatic rings. The maximum absolute atomic E-state index is 13.1. The van der Waals surface area contributed by atoms with Crippen molar-refractivity contribution in [3.8, 4) is 0 Å². The number of pyridine rings is 1. The van der Waals surface area contributed by atoms with Gasteiger partial charge in [-0.15, -0.1) is 0 Å². The van der Waals surface area contributed by atoms with Crippen LogP contribution in [0.15, 0.2) is 52.1 Å². The number of rotatable bonds is 2. The van der Waals surface area contributed by atoms with Crippen LogP contribution in [0.4, 0.5) is 10.1 Å². The molecule has 2 N–H and O–H groups in total. The van der Waals surface area contributed by atoms with Gasteiger partial charge in [0, 0.05) is 10.2 Å². The van der Waals surface area contributed by atoms with E-state index in [0.717, 1.165) is 15.9 Å². The Balaban J connectivity index is 2.07. The SMILES string of the molecule is CC1(c2ccc(F)cn2)CN=C(N)N1c1cccc(Br)c1. The second-order valence-corrected chi connectivity index (χ2v) is 6.04. The smallest absolute Gasteiger partial charge is 0.196 e. The molecular weight excluding hydrogens is 335 g/mol. The molecule has 0 aliphatic carbocycles. The van der Waals surface area contributed by atoms with Gasteiger partial charge >= 0.3 is 0 Å². The van der Waals surface area contributed by atoms with E-state index in [-0.39, 0.29) is 5.82 Å². The maximum atomic E-state index is 13.1. The monoisotopic (exact) mass is 348 g/mol. The van der Waals surface area contributed by atoms with Crippen molar-refractivity contribution in [1.29, 1.82) is 0 Å². The fraction of sp³-hybridized carbons (Fsp3) is 0.200. The first-order chi connectivity index (χ1) is 10.0. The molecule has 1 aliphatic heterocycles. The van der Waals surface area contributed by atoms with E-state index in [4.69, 9.17) is 5.73 Å². The summed E-state index contributed by atoms with van der Waals surface area (Å²) in [7, 11) is 0. The fourth-order valence-electron chi connectivity index (χ4n) is 2.55. The third-order valence-corrected chi connectivity index (χ3v) is 4.11. The van der Waals surface area contributed by atoms with Gasteiger partial charge in [0.2, 0.25) is 0 Å². The molecule has 6 heteroatoms. The molecule has 0 saturated carbocycles. The zero-order valence-corrected chi connectivity index (χ0v) is 13.0. The van der Waals surface area contributed by atoms with Gasteiger partial charge < -0.3 is 5.73 Å². The van der Waals surface area contributed by atoms with E-state index in [9.17, 15) is 4.39 Å². The van der Waals surface area contributed by atoms with Gasteiger partial charge in [-0.3, -0.25) is 14.9 Å². The summed E-state index contributed by atoms with van der Waals surface area (Å²) in [6.45, 7) is 2.47. The molecule has 21 heavy (non-hydrogen) atoms. The first-order valence-corrected chi connectivity index (χ1v) is 7.28. The second-order valence-electron chi connectivity index (χ2n) is 5.13. The van der Waals surface area contributed by atoms with Crippen molar-refractivity contribution < 1.29 is 4.39 Å². The van der Waals surface area contributed by atoms with Crippen LogP contribution in [-0.4, -0.2) is 17.5 Å². The molecule has 0 bridgehead atoms. The number of nitrogens with two attached hydrogens (primary N) is 1. The molecule has 108 valence electrons. The van der Waals surface area contributed by atoms with Crippen LogP contribution in [0.3, 0.4) is 0 Å². The highest BCUT2D eigenvalue weighted by Gasteiger charge is 2.41. The molecule has 0 saturated heterocycles. The molecule has 1 aromatic heterocycles. The molecule has 3 rings (SSSR count). The van der Waals surface area contributed by atoms with E-state index in [2.05, 4.69) is 25.9 Å². The van der Waals surface area contributed by atoms with Gasteiger partial charge in [-0.2, -0.15) is 0 Å². The highest BCUT2D eigenvalue weighted by molar-refractivity contribution is 9.10. The average Bonchev–Trinajstić information content (AvgIpc) is 2.76. The Hall–Kier alpha value is -1.95. The quantitative estimate of drug-likeness (QED) is 0.907. The van der Waals surface area contributed by atoms with E-state index in [1.807, 2.05) is 36.1 Å². The van der Waals surface area contributed by atoms with Crippen LogP contribution in [0, 0.1) is 5.82 Å². The highest BCUT2D eigenvalue weighted by Crippen LogP contribution is 2.36. The van der Waals surface area contributed by atoms with Crippen molar-refractivity contribution in [3.05, 3.63) is 58.6 Å². The number of anilines is 1. The lowest BCUT2D eigenvalue weighted by atomic mass is 9.95. The number of nitrogens with zero attached hydrogens (tertiary/aromatic N) is 3. The van der Waals surface area contributed by atoms with Crippen molar-refractivity contribution in [2.75, 3.05) is 11.4 Å². The standard InChI is InChI=1S/C15H14BrFN4/c1-15(13-6-5-11(17)8-19-13)9-20-14(18)21(15)12-4-2-3-10(16)7-12/h2-8H,9H2,1H3,(H2,18,20). The van der Waals surface area contributed by atoms with E-state index >= 15 is 0 Å². The van der Waals surface area contributed by atoms with Crippen molar-refractivity contribution in [2.24, 2.45) is 10.7 Å². The first-order valence-electron chi connectivity index (χ1n) is 6.48. The maximum Gasteiger partial charge on any atom is 0.196 e. The summed E-state index contributed by atoms with van der Waals surface area (Å²) in [6.07, 6.45) is 1.22. The molecule has 1 aromatic carbocycles. The Morgan fingerprint density at radius 2 is 2.14 bits per heavy atom. The summed E-state index contributed by atoms with van der Waals surface area (Å²) < 4.78 is 14.1. The lowest BCUT2D eigenvalue weighted by Gasteiger charge is -2.35. The predicted molar refractivity (Wildman–Crippen MR) is 84.7 cm³/mol. The van der Waals surface area contributed by atoms with Crippen molar-refractivity contribution in [1.82, 2.24) is 4.98 Å². The number of hydrogen-bond donors (Lipinski definition) is 1. The summed E-state index contributed by atoms with van der Waals surface area (Å²) in [5.74, 6) is 0.0740.